The molecule has 25 heavy (non-hydrogen) atoms. The zero-order valence-electron chi connectivity index (χ0n) is 14.1. The Bertz CT molecular complexity index is 801. The highest BCUT2D eigenvalue weighted by Crippen LogP contribution is 2.47. The third-order valence-electron chi connectivity index (χ3n) is 5.51. The average Bonchev–Trinajstić information content (AvgIpc) is 3.09. The number of hydrogen-bond donors (Lipinski definition) is 3. The highest BCUT2D eigenvalue weighted by molar-refractivity contribution is 5.52. The van der Waals surface area contributed by atoms with Crippen LogP contribution in [0.15, 0.2) is 30.3 Å². The van der Waals surface area contributed by atoms with E-state index in [1.54, 1.807) is 6.07 Å². The highest BCUT2D eigenvalue weighted by atomic mass is 16.7. The molecule has 4 rings (SSSR count). The molecule has 0 spiro atoms. The number of aryl methyl sites for hydroxylation is 1. The van der Waals surface area contributed by atoms with Gasteiger partial charge in [-0.25, -0.2) is 0 Å². The summed E-state index contributed by atoms with van der Waals surface area (Å²) in [6.07, 6.45) is 0.645. The van der Waals surface area contributed by atoms with E-state index in [1.807, 2.05) is 31.2 Å². The Kier molecular flexibility index (Phi) is 4.06. The second kappa shape index (κ2) is 6.24. The van der Waals surface area contributed by atoms with Gasteiger partial charge in [-0.05, 0) is 65.6 Å². The Morgan fingerprint density at radius 1 is 1.04 bits per heavy atom. The van der Waals surface area contributed by atoms with Gasteiger partial charge in [0.1, 0.15) is 5.75 Å². The van der Waals surface area contributed by atoms with Crippen LogP contribution in [-0.4, -0.2) is 35.3 Å². The monoisotopic (exact) mass is 342 g/mol. The molecule has 0 bridgehead atoms. The molecule has 1 unspecified atom stereocenters. The van der Waals surface area contributed by atoms with E-state index in [0.29, 0.717) is 12.2 Å². The number of aliphatic hydroxyl groups excluding tert-OH is 2. The van der Waals surface area contributed by atoms with Crippen molar-refractivity contribution >= 4 is 0 Å². The molecule has 1 aliphatic heterocycles. The van der Waals surface area contributed by atoms with Gasteiger partial charge in [0.15, 0.2) is 11.5 Å². The van der Waals surface area contributed by atoms with Crippen LogP contribution in [0.25, 0.3) is 0 Å². The number of phenolic OH excluding ortho intramolecular Hbond substituents is 1. The number of fused-ring (bicyclic) bond motifs is 2. The van der Waals surface area contributed by atoms with Gasteiger partial charge in [0.05, 0.1) is 0 Å². The normalized spacial score (nSPS) is 24.2. The minimum absolute atomic E-state index is 0.000354. The number of rotatable bonds is 3. The minimum Gasteiger partial charge on any atom is -0.508 e. The first-order valence-electron chi connectivity index (χ1n) is 8.56. The van der Waals surface area contributed by atoms with E-state index in [1.165, 1.54) is 0 Å². The molecule has 5 nitrogen and oxygen atoms in total. The number of phenols is 1. The topological polar surface area (TPSA) is 79.2 Å². The maximum absolute atomic E-state index is 10.1. The summed E-state index contributed by atoms with van der Waals surface area (Å²) in [7, 11) is 0. The van der Waals surface area contributed by atoms with Gasteiger partial charge in [-0.1, -0.05) is 12.1 Å². The third kappa shape index (κ3) is 2.64. The Hall–Kier alpha value is -2.24. The first-order valence-corrected chi connectivity index (χ1v) is 8.56. The molecular weight excluding hydrogens is 320 g/mol. The zero-order chi connectivity index (χ0) is 17.6. The summed E-state index contributed by atoms with van der Waals surface area (Å²) >= 11 is 0. The lowest BCUT2D eigenvalue weighted by Crippen LogP contribution is -2.35. The van der Waals surface area contributed by atoms with Crippen LogP contribution in [0.4, 0.5) is 0 Å². The van der Waals surface area contributed by atoms with Gasteiger partial charge < -0.3 is 24.8 Å². The smallest absolute Gasteiger partial charge is 0.231 e. The van der Waals surface area contributed by atoms with Crippen LogP contribution in [-0.2, 0) is 6.42 Å². The van der Waals surface area contributed by atoms with E-state index < -0.39 is 0 Å². The number of hydrogen-bond acceptors (Lipinski definition) is 5. The first kappa shape index (κ1) is 16.2. The summed E-state index contributed by atoms with van der Waals surface area (Å²) in [4.78, 5) is 0. The van der Waals surface area contributed by atoms with E-state index in [9.17, 15) is 15.3 Å². The van der Waals surface area contributed by atoms with Crippen LogP contribution >= 0.6 is 0 Å². The molecule has 5 heteroatoms. The molecule has 2 aromatic carbocycles. The fraction of sp³-hybridized carbons (Fsp3) is 0.400. The minimum atomic E-state index is -0.0955. The Balaban J connectivity index is 1.87. The maximum atomic E-state index is 10.1. The fourth-order valence-corrected chi connectivity index (χ4v) is 4.15. The maximum Gasteiger partial charge on any atom is 0.231 e. The summed E-state index contributed by atoms with van der Waals surface area (Å²) in [5.74, 6) is 1.47. The lowest BCUT2D eigenvalue weighted by atomic mass is 9.66. The van der Waals surface area contributed by atoms with Gasteiger partial charge in [0.25, 0.3) is 0 Å². The van der Waals surface area contributed by atoms with Crippen molar-refractivity contribution in [2.75, 3.05) is 20.0 Å². The van der Waals surface area contributed by atoms with Crippen LogP contribution in [0, 0.1) is 18.8 Å². The Morgan fingerprint density at radius 2 is 1.84 bits per heavy atom. The van der Waals surface area contributed by atoms with E-state index >= 15 is 0 Å². The predicted octanol–water partition coefficient (Wildman–Crippen LogP) is 2.33. The summed E-state index contributed by atoms with van der Waals surface area (Å²) in [5.41, 5.74) is 3.95. The number of benzene rings is 2. The van der Waals surface area contributed by atoms with Gasteiger partial charge in [0, 0.05) is 19.1 Å². The highest BCUT2D eigenvalue weighted by Gasteiger charge is 2.38. The molecule has 2 aliphatic rings. The summed E-state index contributed by atoms with van der Waals surface area (Å²) in [6.45, 7) is 2.08. The van der Waals surface area contributed by atoms with E-state index in [0.717, 1.165) is 28.0 Å². The van der Waals surface area contributed by atoms with Crippen molar-refractivity contribution in [1.29, 1.82) is 0 Å². The van der Waals surface area contributed by atoms with E-state index in [-0.39, 0.29) is 43.5 Å². The molecule has 0 radical (unpaired) electrons. The van der Waals surface area contributed by atoms with Gasteiger partial charge >= 0.3 is 0 Å². The molecule has 3 N–H and O–H groups in total. The standard InChI is InChI=1S/C20H22O5/c1-11-4-15-13(6-17(11)23)5-14(8-21)16(9-22)20(15)12-2-3-18-19(7-12)25-10-24-18/h2-4,6-7,14,16,20-23H,5,8-10H2,1H3/t14-,16-,20?/m1/s1. The second-order valence-electron chi connectivity index (χ2n) is 6.92. The van der Waals surface area contributed by atoms with Crippen molar-refractivity contribution in [2.24, 2.45) is 11.8 Å². The van der Waals surface area contributed by atoms with Crippen molar-refractivity contribution in [3.8, 4) is 17.2 Å². The Labute approximate surface area is 146 Å². The molecule has 0 fully saturated rings. The second-order valence-corrected chi connectivity index (χ2v) is 6.92. The molecular formula is C20H22O5. The largest absolute Gasteiger partial charge is 0.508 e. The van der Waals surface area contributed by atoms with Crippen molar-refractivity contribution in [1.82, 2.24) is 0 Å². The van der Waals surface area contributed by atoms with Crippen LogP contribution in [0.2, 0.25) is 0 Å². The average molecular weight is 342 g/mol. The predicted molar refractivity (Wildman–Crippen MR) is 92.1 cm³/mol. The molecule has 0 amide bonds. The van der Waals surface area contributed by atoms with Crippen LogP contribution in [0.3, 0.4) is 0 Å². The lowest BCUT2D eigenvalue weighted by Gasteiger charge is -2.39. The third-order valence-corrected chi connectivity index (χ3v) is 5.51. The van der Waals surface area contributed by atoms with Crippen LogP contribution < -0.4 is 9.47 Å². The molecule has 0 saturated carbocycles. The van der Waals surface area contributed by atoms with E-state index in [4.69, 9.17) is 9.47 Å². The summed E-state index contributed by atoms with van der Waals surface area (Å²) in [6, 6.07) is 9.63. The Morgan fingerprint density at radius 3 is 2.60 bits per heavy atom. The van der Waals surface area contributed by atoms with Gasteiger partial charge in [0.2, 0.25) is 6.79 Å². The van der Waals surface area contributed by atoms with Crippen LogP contribution in [0.5, 0.6) is 17.2 Å². The molecule has 1 heterocycles. The summed E-state index contributed by atoms with van der Waals surface area (Å²) < 4.78 is 10.9. The van der Waals surface area contributed by atoms with E-state index in [2.05, 4.69) is 0 Å². The summed E-state index contributed by atoms with van der Waals surface area (Å²) in [5, 5.41) is 30.0. The van der Waals surface area contributed by atoms with Crippen molar-refractivity contribution in [3.63, 3.8) is 0 Å². The molecule has 1 aliphatic carbocycles. The molecule has 3 atom stereocenters. The molecule has 2 aromatic rings. The SMILES string of the molecule is Cc1cc2c(cc1O)C[C@H](CO)[C@@H](CO)C2c1ccc2c(c1)OCO2. The van der Waals surface area contributed by atoms with Crippen molar-refractivity contribution in [3.05, 3.63) is 52.6 Å². The van der Waals surface area contributed by atoms with Gasteiger partial charge in [-0.3, -0.25) is 0 Å². The number of aromatic hydroxyl groups is 1. The first-order chi connectivity index (χ1) is 12.1. The lowest BCUT2D eigenvalue weighted by molar-refractivity contribution is 0.101. The van der Waals surface area contributed by atoms with Crippen molar-refractivity contribution in [2.45, 2.75) is 19.3 Å². The fourth-order valence-electron chi connectivity index (χ4n) is 4.15. The van der Waals surface area contributed by atoms with Crippen LogP contribution in [0.1, 0.15) is 28.2 Å². The van der Waals surface area contributed by atoms with Crippen molar-refractivity contribution < 1.29 is 24.8 Å². The number of aliphatic hydroxyl groups is 2. The molecule has 0 aromatic heterocycles. The molecule has 0 saturated heterocycles. The molecule has 132 valence electrons. The number of ether oxygens (including phenoxy) is 2. The quantitative estimate of drug-likeness (QED) is 0.798. The van der Waals surface area contributed by atoms with Gasteiger partial charge in [-0.15, -0.1) is 0 Å². The zero-order valence-corrected chi connectivity index (χ0v) is 14.1. The van der Waals surface area contributed by atoms with Gasteiger partial charge in [-0.2, -0.15) is 0 Å².